The lowest BCUT2D eigenvalue weighted by molar-refractivity contribution is 0.379. The molecule has 14 heavy (non-hydrogen) atoms. The first-order valence-corrected chi connectivity index (χ1v) is 6.33. The van der Waals surface area contributed by atoms with Gasteiger partial charge in [-0.15, -0.1) is 0 Å². The Bertz CT molecular complexity index is 150. The number of nitrogens with one attached hydrogen (secondary N) is 2. The van der Waals surface area contributed by atoms with E-state index in [1.165, 1.54) is 32.2 Å². The normalized spacial score (nSPS) is 21.9. The first-order valence-electron chi connectivity index (χ1n) is 6.33. The van der Waals surface area contributed by atoms with Gasteiger partial charge < -0.3 is 10.6 Å². The Balaban J connectivity index is 1.53. The summed E-state index contributed by atoms with van der Waals surface area (Å²) < 4.78 is 0. The highest BCUT2D eigenvalue weighted by atomic mass is 14.9. The maximum atomic E-state index is 3.60. The van der Waals surface area contributed by atoms with Crippen LogP contribution in [0.2, 0.25) is 0 Å². The van der Waals surface area contributed by atoms with Crippen LogP contribution in [0.15, 0.2) is 0 Å². The van der Waals surface area contributed by atoms with E-state index >= 15 is 0 Å². The number of rotatable bonds is 8. The van der Waals surface area contributed by atoms with Crippen molar-refractivity contribution in [2.75, 3.05) is 26.2 Å². The zero-order chi connectivity index (χ0) is 9.80. The van der Waals surface area contributed by atoms with E-state index in [1.54, 1.807) is 0 Å². The van der Waals surface area contributed by atoms with Crippen LogP contribution >= 0.6 is 0 Å². The Kier molecular flexibility index (Phi) is 3.82. The fraction of sp³-hybridized carbons (Fsp3) is 1.00. The van der Waals surface area contributed by atoms with Crippen LogP contribution in [0.3, 0.4) is 0 Å². The summed E-state index contributed by atoms with van der Waals surface area (Å²) in [5.41, 5.74) is 0. The smallest absolute Gasteiger partial charge is 0.00768 e. The minimum Gasteiger partial charge on any atom is -0.316 e. The molecule has 0 aliphatic heterocycles. The molecule has 2 aliphatic carbocycles. The van der Waals surface area contributed by atoms with Gasteiger partial charge in [-0.1, -0.05) is 6.92 Å². The third-order valence-electron chi connectivity index (χ3n) is 3.56. The van der Waals surface area contributed by atoms with Crippen molar-refractivity contribution in [3.05, 3.63) is 0 Å². The second kappa shape index (κ2) is 5.13. The van der Waals surface area contributed by atoms with Crippen molar-refractivity contribution in [2.45, 2.75) is 32.6 Å². The zero-order valence-electron chi connectivity index (χ0n) is 9.39. The molecule has 0 saturated heterocycles. The largest absolute Gasteiger partial charge is 0.316 e. The number of hydrogen-bond acceptors (Lipinski definition) is 2. The van der Waals surface area contributed by atoms with Crippen LogP contribution in [-0.2, 0) is 0 Å². The third-order valence-corrected chi connectivity index (χ3v) is 3.56. The Morgan fingerprint density at radius 2 is 1.57 bits per heavy atom. The minimum atomic E-state index is 1.02. The maximum Gasteiger partial charge on any atom is 0.00768 e. The predicted octanol–water partition coefficient (Wildman–Crippen LogP) is 1.62. The second-order valence-electron chi connectivity index (χ2n) is 4.90. The molecule has 0 spiro atoms. The topological polar surface area (TPSA) is 24.1 Å². The van der Waals surface area contributed by atoms with Gasteiger partial charge in [0.25, 0.3) is 0 Å². The van der Waals surface area contributed by atoms with E-state index in [0.29, 0.717) is 0 Å². The molecular weight excluding hydrogens is 172 g/mol. The standard InChI is InChI=1S/C12H24N2/c1-2-13-7-8-14-9-12(10-3-4-10)11-5-6-11/h10-14H,2-9H2,1H3. The van der Waals surface area contributed by atoms with E-state index in [2.05, 4.69) is 17.6 Å². The molecule has 2 nitrogen and oxygen atoms in total. The van der Waals surface area contributed by atoms with Crippen LogP contribution in [0.1, 0.15) is 32.6 Å². The molecule has 0 aromatic heterocycles. The van der Waals surface area contributed by atoms with E-state index in [-0.39, 0.29) is 0 Å². The average Bonchev–Trinajstić information content (AvgIpc) is 3.03. The molecular formula is C12H24N2. The summed E-state index contributed by atoms with van der Waals surface area (Å²) in [6, 6.07) is 0. The first-order chi connectivity index (χ1) is 6.92. The average molecular weight is 196 g/mol. The quantitative estimate of drug-likeness (QED) is 0.577. The van der Waals surface area contributed by atoms with Gasteiger partial charge in [0.1, 0.15) is 0 Å². The second-order valence-corrected chi connectivity index (χ2v) is 4.90. The Hall–Kier alpha value is -0.0800. The fourth-order valence-electron chi connectivity index (χ4n) is 2.39. The maximum absolute atomic E-state index is 3.60. The third kappa shape index (κ3) is 3.25. The lowest BCUT2D eigenvalue weighted by atomic mass is 9.98. The highest BCUT2D eigenvalue weighted by molar-refractivity contribution is 4.92. The van der Waals surface area contributed by atoms with Crippen LogP contribution in [-0.4, -0.2) is 26.2 Å². The van der Waals surface area contributed by atoms with Gasteiger partial charge in [-0.25, -0.2) is 0 Å². The molecule has 82 valence electrons. The van der Waals surface area contributed by atoms with E-state index in [4.69, 9.17) is 0 Å². The minimum absolute atomic E-state index is 1.02. The SMILES string of the molecule is CCNCCNCC(C1CC1)C1CC1. The highest BCUT2D eigenvalue weighted by Crippen LogP contribution is 2.48. The van der Waals surface area contributed by atoms with E-state index in [9.17, 15) is 0 Å². The molecule has 0 unspecified atom stereocenters. The summed E-state index contributed by atoms with van der Waals surface area (Å²) in [6.07, 6.45) is 6.04. The highest BCUT2D eigenvalue weighted by Gasteiger charge is 2.40. The van der Waals surface area contributed by atoms with Gasteiger partial charge in [-0.2, -0.15) is 0 Å². The molecule has 2 aliphatic rings. The van der Waals surface area contributed by atoms with E-state index in [0.717, 1.165) is 37.4 Å². The molecule has 0 aromatic carbocycles. The van der Waals surface area contributed by atoms with Crippen molar-refractivity contribution in [1.29, 1.82) is 0 Å². The molecule has 0 heterocycles. The van der Waals surface area contributed by atoms with Crippen molar-refractivity contribution >= 4 is 0 Å². The molecule has 2 heteroatoms. The van der Waals surface area contributed by atoms with Gasteiger partial charge in [0.15, 0.2) is 0 Å². The molecule has 0 radical (unpaired) electrons. The number of hydrogen-bond donors (Lipinski definition) is 2. The molecule has 2 N–H and O–H groups in total. The molecule has 2 fully saturated rings. The van der Waals surface area contributed by atoms with Crippen LogP contribution < -0.4 is 10.6 Å². The van der Waals surface area contributed by atoms with Crippen molar-refractivity contribution in [2.24, 2.45) is 17.8 Å². The molecule has 2 saturated carbocycles. The number of likely N-dealkylation sites (N-methyl/N-ethyl adjacent to an activating group) is 1. The van der Waals surface area contributed by atoms with Crippen LogP contribution in [0, 0.1) is 17.8 Å². The van der Waals surface area contributed by atoms with Gasteiger partial charge in [0.2, 0.25) is 0 Å². The summed E-state index contributed by atoms with van der Waals surface area (Å²) in [5.74, 6) is 3.21. The molecule has 0 atom stereocenters. The lowest BCUT2D eigenvalue weighted by Gasteiger charge is -2.16. The first kappa shape index (κ1) is 10.4. The Labute approximate surface area is 87.8 Å². The Morgan fingerprint density at radius 1 is 1.00 bits per heavy atom. The van der Waals surface area contributed by atoms with Gasteiger partial charge in [-0.3, -0.25) is 0 Å². The van der Waals surface area contributed by atoms with Gasteiger partial charge in [0, 0.05) is 13.1 Å². The lowest BCUT2D eigenvalue weighted by Crippen LogP contribution is -2.32. The summed E-state index contributed by atoms with van der Waals surface area (Å²) >= 11 is 0. The fourth-order valence-corrected chi connectivity index (χ4v) is 2.39. The monoisotopic (exact) mass is 196 g/mol. The van der Waals surface area contributed by atoms with Crippen LogP contribution in [0.5, 0.6) is 0 Å². The molecule has 0 bridgehead atoms. The summed E-state index contributed by atoms with van der Waals surface area (Å²) in [5, 5.41) is 6.95. The molecule has 2 rings (SSSR count). The van der Waals surface area contributed by atoms with Crippen molar-refractivity contribution < 1.29 is 0 Å². The van der Waals surface area contributed by atoms with Crippen molar-refractivity contribution in [3.8, 4) is 0 Å². The van der Waals surface area contributed by atoms with E-state index < -0.39 is 0 Å². The summed E-state index contributed by atoms with van der Waals surface area (Å²) in [4.78, 5) is 0. The van der Waals surface area contributed by atoms with Crippen LogP contribution in [0.4, 0.5) is 0 Å². The Morgan fingerprint density at radius 3 is 2.07 bits per heavy atom. The van der Waals surface area contributed by atoms with Crippen LogP contribution in [0.25, 0.3) is 0 Å². The van der Waals surface area contributed by atoms with Gasteiger partial charge >= 0.3 is 0 Å². The molecule has 0 amide bonds. The summed E-state index contributed by atoms with van der Waals surface area (Å²) in [7, 11) is 0. The van der Waals surface area contributed by atoms with Crippen molar-refractivity contribution in [3.63, 3.8) is 0 Å². The van der Waals surface area contributed by atoms with Gasteiger partial charge in [0.05, 0.1) is 0 Å². The zero-order valence-corrected chi connectivity index (χ0v) is 9.39. The van der Waals surface area contributed by atoms with E-state index in [1.807, 2.05) is 0 Å². The summed E-state index contributed by atoms with van der Waals surface area (Å²) in [6.45, 7) is 6.80. The van der Waals surface area contributed by atoms with Gasteiger partial charge in [-0.05, 0) is 56.5 Å². The van der Waals surface area contributed by atoms with Crippen molar-refractivity contribution in [1.82, 2.24) is 10.6 Å². The predicted molar refractivity (Wildman–Crippen MR) is 60.4 cm³/mol. The molecule has 0 aromatic rings.